The minimum absolute atomic E-state index is 0.181. The lowest BCUT2D eigenvalue weighted by molar-refractivity contribution is 0.483. The highest BCUT2D eigenvalue weighted by Gasteiger charge is 2.18. The molecular formula is C30H18BNO2. The van der Waals surface area contributed by atoms with Gasteiger partial charge in [0.15, 0.2) is 0 Å². The van der Waals surface area contributed by atoms with E-state index < -0.39 is 0 Å². The first-order valence-electron chi connectivity index (χ1n) is 11.2. The number of phenolic OH excluding ortho intramolecular Hbond substituents is 1. The maximum absolute atomic E-state index is 11.4. The molecule has 7 aromatic rings. The van der Waals surface area contributed by atoms with E-state index >= 15 is 0 Å². The van der Waals surface area contributed by atoms with Crippen molar-refractivity contribution < 1.29 is 9.52 Å². The molecule has 0 amide bonds. The maximum atomic E-state index is 11.4. The zero-order valence-corrected chi connectivity index (χ0v) is 18.2. The van der Waals surface area contributed by atoms with Gasteiger partial charge in [-0.25, -0.2) is 0 Å². The summed E-state index contributed by atoms with van der Waals surface area (Å²) in [4.78, 5) is 0. The van der Waals surface area contributed by atoms with Crippen LogP contribution in [0.5, 0.6) is 5.75 Å². The Hall–Kier alpha value is -4.44. The van der Waals surface area contributed by atoms with Gasteiger partial charge in [-0.05, 0) is 54.1 Å². The Balaban J connectivity index is 1.52. The second-order valence-electron chi connectivity index (χ2n) is 8.58. The molecule has 0 bridgehead atoms. The SMILES string of the molecule is [B]c1cccc2oc3ccc(-c4ccc5c(c4)c4ccccc4n5-c4ccccc4)c(O)c3c12. The van der Waals surface area contributed by atoms with Crippen LogP contribution < -0.4 is 5.46 Å². The molecule has 0 spiro atoms. The van der Waals surface area contributed by atoms with Gasteiger partial charge in [0, 0.05) is 27.4 Å². The number of hydrogen-bond acceptors (Lipinski definition) is 2. The van der Waals surface area contributed by atoms with Crippen LogP contribution >= 0.6 is 0 Å². The van der Waals surface area contributed by atoms with Crippen LogP contribution in [0.4, 0.5) is 0 Å². The van der Waals surface area contributed by atoms with Crippen molar-refractivity contribution in [3.8, 4) is 22.6 Å². The molecule has 0 aliphatic heterocycles. The molecule has 34 heavy (non-hydrogen) atoms. The minimum atomic E-state index is 0.181. The van der Waals surface area contributed by atoms with E-state index in [4.69, 9.17) is 12.3 Å². The van der Waals surface area contributed by atoms with Crippen molar-refractivity contribution in [1.29, 1.82) is 0 Å². The smallest absolute Gasteiger partial charge is 0.139 e. The number of hydrogen-bond donors (Lipinski definition) is 1. The minimum Gasteiger partial charge on any atom is -0.507 e. The third kappa shape index (κ3) is 2.60. The van der Waals surface area contributed by atoms with E-state index in [1.807, 2.05) is 36.4 Å². The predicted octanol–water partition coefficient (Wildman–Crippen LogP) is 6.85. The molecule has 4 heteroatoms. The number of benzene rings is 5. The van der Waals surface area contributed by atoms with Crippen LogP contribution in [0.15, 0.2) is 108 Å². The van der Waals surface area contributed by atoms with E-state index in [1.165, 1.54) is 5.39 Å². The van der Waals surface area contributed by atoms with Gasteiger partial charge in [0.25, 0.3) is 0 Å². The number of aromatic hydroxyl groups is 1. The van der Waals surface area contributed by atoms with Gasteiger partial charge >= 0.3 is 0 Å². The first-order valence-corrected chi connectivity index (χ1v) is 11.2. The Kier molecular flexibility index (Phi) is 3.94. The standard InChI is InChI=1S/C30H18BNO2/c31-23-10-6-12-26-28(23)29-27(34-26)16-14-20(30(29)33)18-13-15-25-22(17-18)21-9-4-5-11-24(21)32(25)19-7-2-1-3-8-19/h1-17,33H. The molecular weight excluding hydrogens is 417 g/mol. The molecule has 2 radical (unpaired) electrons. The Bertz CT molecular complexity index is 1880. The summed E-state index contributed by atoms with van der Waals surface area (Å²) in [7, 11) is 6.25. The molecule has 0 saturated carbocycles. The number of furan rings is 1. The van der Waals surface area contributed by atoms with Gasteiger partial charge in [-0.2, -0.15) is 0 Å². The average molecular weight is 435 g/mol. The Morgan fingerprint density at radius 1 is 0.647 bits per heavy atom. The van der Waals surface area contributed by atoms with Gasteiger partial charge in [0.05, 0.1) is 16.4 Å². The van der Waals surface area contributed by atoms with Crippen LogP contribution in [-0.2, 0) is 0 Å². The van der Waals surface area contributed by atoms with Crippen LogP contribution in [0.2, 0.25) is 0 Å². The molecule has 0 aliphatic carbocycles. The van der Waals surface area contributed by atoms with Crippen LogP contribution in [0.3, 0.4) is 0 Å². The third-order valence-corrected chi connectivity index (χ3v) is 6.67. The lowest BCUT2D eigenvalue weighted by atomic mass is 9.90. The van der Waals surface area contributed by atoms with Crippen molar-refractivity contribution in [2.45, 2.75) is 0 Å². The molecule has 2 heterocycles. The summed E-state index contributed by atoms with van der Waals surface area (Å²) in [6, 6.07) is 34.5. The molecule has 0 aliphatic rings. The van der Waals surface area contributed by atoms with Crippen LogP contribution in [0, 0.1) is 0 Å². The second kappa shape index (κ2) is 7.03. The summed E-state index contributed by atoms with van der Waals surface area (Å²) >= 11 is 0. The topological polar surface area (TPSA) is 38.3 Å². The zero-order chi connectivity index (χ0) is 22.8. The number of rotatable bonds is 2. The van der Waals surface area contributed by atoms with Gasteiger partial charge in [-0.3, -0.25) is 0 Å². The second-order valence-corrected chi connectivity index (χ2v) is 8.58. The molecule has 3 nitrogen and oxygen atoms in total. The summed E-state index contributed by atoms with van der Waals surface area (Å²) < 4.78 is 8.22. The molecule has 0 unspecified atom stereocenters. The molecule has 5 aromatic carbocycles. The van der Waals surface area contributed by atoms with Crippen molar-refractivity contribution in [3.63, 3.8) is 0 Å². The molecule has 2 aromatic heterocycles. The predicted molar refractivity (Wildman–Crippen MR) is 141 cm³/mol. The van der Waals surface area contributed by atoms with Crippen molar-refractivity contribution in [2.24, 2.45) is 0 Å². The lowest BCUT2D eigenvalue weighted by Gasteiger charge is -2.09. The highest BCUT2D eigenvalue weighted by molar-refractivity contribution is 6.41. The monoisotopic (exact) mass is 435 g/mol. The first kappa shape index (κ1) is 19.1. The Morgan fingerprint density at radius 2 is 1.41 bits per heavy atom. The van der Waals surface area contributed by atoms with E-state index in [0.717, 1.165) is 38.6 Å². The fourth-order valence-electron chi connectivity index (χ4n) is 5.15. The van der Waals surface area contributed by atoms with Gasteiger partial charge in [-0.15, -0.1) is 0 Å². The quantitative estimate of drug-likeness (QED) is 0.302. The number of phenols is 1. The summed E-state index contributed by atoms with van der Waals surface area (Å²) in [6.45, 7) is 0. The van der Waals surface area contributed by atoms with Gasteiger partial charge in [0.1, 0.15) is 24.8 Å². The maximum Gasteiger partial charge on any atom is 0.139 e. The van der Waals surface area contributed by atoms with Gasteiger partial charge in [-0.1, -0.05) is 60.1 Å². The molecule has 1 N–H and O–H groups in total. The highest BCUT2D eigenvalue weighted by atomic mass is 16.3. The number of para-hydroxylation sites is 2. The Morgan fingerprint density at radius 3 is 2.29 bits per heavy atom. The van der Waals surface area contributed by atoms with E-state index in [9.17, 15) is 5.11 Å². The van der Waals surface area contributed by atoms with Crippen LogP contribution in [0.1, 0.15) is 0 Å². The van der Waals surface area contributed by atoms with Crippen molar-refractivity contribution in [2.75, 3.05) is 0 Å². The summed E-state index contributed by atoms with van der Waals surface area (Å²) in [5.41, 5.74) is 6.95. The fraction of sp³-hybridized carbons (Fsp3) is 0. The van der Waals surface area contributed by atoms with Crippen molar-refractivity contribution in [3.05, 3.63) is 103 Å². The fourth-order valence-corrected chi connectivity index (χ4v) is 5.15. The first-order chi connectivity index (χ1) is 16.7. The van der Waals surface area contributed by atoms with Crippen molar-refractivity contribution in [1.82, 2.24) is 4.57 Å². The number of nitrogens with zero attached hydrogens (tertiary/aromatic N) is 1. The molecule has 0 saturated heterocycles. The normalized spacial score (nSPS) is 11.8. The summed E-state index contributed by atoms with van der Waals surface area (Å²) in [5.74, 6) is 0.181. The summed E-state index contributed by atoms with van der Waals surface area (Å²) in [5, 5.41) is 15.1. The third-order valence-electron chi connectivity index (χ3n) is 6.67. The van der Waals surface area contributed by atoms with E-state index in [0.29, 0.717) is 22.0 Å². The number of aromatic nitrogens is 1. The van der Waals surface area contributed by atoms with E-state index in [1.54, 1.807) is 0 Å². The van der Waals surface area contributed by atoms with Gasteiger partial charge < -0.3 is 14.1 Å². The zero-order valence-electron chi connectivity index (χ0n) is 18.2. The molecule has 7 rings (SSSR count). The van der Waals surface area contributed by atoms with E-state index in [2.05, 4.69) is 71.3 Å². The van der Waals surface area contributed by atoms with E-state index in [-0.39, 0.29) is 5.75 Å². The van der Waals surface area contributed by atoms with Crippen LogP contribution in [-0.4, -0.2) is 17.5 Å². The molecule has 158 valence electrons. The highest BCUT2D eigenvalue weighted by Crippen LogP contribution is 2.42. The molecule has 0 fully saturated rings. The largest absolute Gasteiger partial charge is 0.507 e. The Labute approximate surface area is 196 Å². The van der Waals surface area contributed by atoms with Gasteiger partial charge in [0.2, 0.25) is 0 Å². The van der Waals surface area contributed by atoms with Crippen molar-refractivity contribution >= 4 is 57.1 Å². The average Bonchev–Trinajstić information content (AvgIpc) is 3.42. The lowest BCUT2D eigenvalue weighted by Crippen LogP contribution is -2.01. The number of fused-ring (bicyclic) bond motifs is 6. The summed E-state index contributed by atoms with van der Waals surface area (Å²) in [6.07, 6.45) is 0. The van der Waals surface area contributed by atoms with Crippen LogP contribution in [0.25, 0.3) is 60.6 Å². The molecule has 0 atom stereocenters.